The number of methoxy groups -OCH3 is 2. The van der Waals surface area contributed by atoms with E-state index in [0.29, 0.717) is 31.6 Å². The fourth-order valence-corrected chi connectivity index (χ4v) is 4.61. The zero-order valence-corrected chi connectivity index (χ0v) is 20.7. The van der Waals surface area contributed by atoms with Crippen molar-refractivity contribution in [1.29, 1.82) is 0 Å². The van der Waals surface area contributed by atoms with E-state index in [2.05, 4.69) is 20.7 Å². The Kier molecular flexibility index (Phi) is 8.10. The van der Waals surface area contributed by atoms with E-state index in [1.54, 1.807) is 30.3 Å². The predicted octanol–water partition coefficient (Wildman–Crippen LogP) is 5.55. The maximum absolute atomic E-state index is 12.5. The number of benzene rings is 2. The number of rotatable bonds is 7. The fraction of sp³-hybridized carbons (Fsp3) is 0.190. The van der Waals surface area contributed by atoms with Gasteiger partial charge in [-0.1, -0.05) is 29.3 Å². The lowest BCUT2D eigenvalue weighted by molar-refractivity contribution is -0.143. The van der Waals surface area contributed by atoms with E-state index in [4.69, 9.17) is 32.7 Å². The highest BCUT2D eigenvalue weighted by molar-refractivity contribution is 9.10. The van der Waals surface area contributed by atoms with Gasteiger partial charge in [-0.2, -0.15) is 0 Å². The van der Waals surface area contributed by atoms with Crippen LogP contribution in [0, 0.1) is 0 Å². The normalized spacial score (nSPS) is 14.8. The standard InChI is InChI=1S/C21H16BrCl2NO6S/c1-29-16-6-11(7-17-20(27)25(21(28)32-17)9-18(26)30-2)5-14(22)19(16)31-10-12-3-4-13(23)8-15(12)24/h3-8H,9-10H2,1-2H3/b17-7-. The Labute approximate surface area is 206 Å². The van der Waals surface area contributed by atoms with Gasteiger partial charge in [0.05, 0.1) is 23.6 Å². The summed E-state index contributed by atoms with van der Waals surface area (Å²) < 4.78 is 16.4. The highest BCUT2D eigenvalue weighted by atomic mass is 79.9. The summed E-state index contributed by atoms with van der Waals surface area (Å²) in [5.41, 5.74) is 1.34. The molecule has 0 saturated carbocycles. The van der Waals surface area contributed by atoms with E-state index in [1.807, 2.05) is 0 Å². The smallest absolute Gasteiger partial charge is 0.325 e. The molecule has 168 valence electrons. The second-order valence-corrected chi connectivity index (χ2v) is 9.09. The summed E-state index contributed by atoms with van der Waals surface area (Å²) in [6.07, 6.45) is 1.54. The molecule has 3 rings (SSSR count). The lowest BCUT2D eigenvalue weighted by Crippen LogP contribution is -2.34. The van der Waals surface area contributed by atoms with Crippen LogP contribution in [0.4, 0.5) is 4.79 Å². The second kappa shape index (κ2) is 10.6. The third-order valence-corrected chi connectivity index (χ3v) is 6.41. The molecule has 2 aromatic carbocycles. The number of hydrogen-bond acceptors (Lipinski definition) is 7. The summed E-state index contributed by atoms with van der Waals surface area (Å²) in [7, 11) is 2.67. The summed E-state index contributed by atoms with van der Waals surface area (Å²) in [6.45, 7) is -0.262. The van der Waals surface area contributed by atoms with Crippen LogP contribution in [0.2, 0.25) is 10.0 Å². The van der Waals surface area contributed by atoms with E-state index >= 15 is 0 Å². The molecule has 1 fully saturated rings. The third kappa shape index (κ3) is 5.58. The average molecular weight is 561 g/mol. The van der Waals surface area contributed by atoms with Crippen LogP contribution in [0.15, 0.2) is 39.7 Å². The molecule has 2 amide bonds. The van der Waals surface area contributed by atoms with Crippen molar-refractivity contribution < 1.29 is 28.6 Å². The molecule has 32 heavy (non-hydrogen) atoms. The molecule has 0 atom stereocenters. The molecule has 1 aliphatic rings. The molecule has 0 bridgehead atoms. The minimum absolute atomic E-state index is 0.175. The van der Waals surface area contributed by atoms with Gasteiger partial charge in [-0.25, -0.2) is 0 Å². The molecule has 7 nitrogen and oxygen atoms in total. The number of thioether (sulfide) groups is 1. The van der Waals surface area contributed by atoms with Crippen LogP contribution < -0.4 is 9.47 Å². The Morgan fingerprint density at radius 1 is 1.19 bits per heavy atom. The second-order valence-electron chi connectivity index (χ2n) is 6.40. The lowest BCUT2D eigenvalue weighted by atomic mass is 10.1. The number of amides is 2. The molecule has 1 saturated heterocycles. The van der Waals surface area contributed by atoms with Gasteiger partial charge in [0.15, 0.2) is 11.5 Å². The van der Waals surface area contributed by atoms with Gasteiger partial charge in [0, 0.05) is 15.6 Å². The lowest BCUT2D eigenvalue weighted by Gasteiger charge is -2.14. The van der Waals surface area contributed by atoms with Crippen molar-refractivity contribution in [3.8, 4) is 11.5 Å². The molecule has 0 spiro atoms. The zero-order chi connectivity index (χ0) is 23.4. The predicted molar refractivity (Wildman–Crippen MR) is 126 cm³/mol. The van der Waals surface area contributed by atoms with Crippen LogP contribution in [0.3, 0.4) is 0 Å². The molecular weight excluding hydrogens is 545 g/mol. The molecule has 0 aromatic heterocycles. The number of carbonyl (C=O) groups excluding carboxylic acids is 3. The zero-order valence-electron chi connectivity index (χ0n) is 16.8. The van der Waals surface area contributed by atoms with Gasteiger partial charge in [0.1, 0.15) is 13.2 Å². The Morgan fingerprint density at radius 3 is 2.59 bits per heavy atom. The Balaban J connectivity index is 1.82. The maximum Gasteiger partial charge on any atom is 0.325 e. The molecule has 0 unspecified atom stereocenters. The molecule has 0 aliphatic carbocycles. The summed E-state index contributed by atoms with van der Waals surface area (Å²) in [5, 5.41) is 0.460. The fourth-order valence-electron chi connectivity index (χ4n) is 2.73. The first-order chi connectivity index (χ1) is 15.2. The van der Waals surface area contributed by atoms with E-state index in [-0.39, 0.29) is 11.5 Å². The van der Waals surface area contributed by atoms with Gasteiger partial charge in [0.25, 0.3) is 11.1 Å². The Morgan fingerprint density at radius 2 is 1.94 bits per heavy atom. The summed E-state index contributed by atoms with van der Waals surface area (Å²) in [6, 6.07) is 8.50. The van der Waals surface area contributed by atoms with Crippen LogP contribution in [-0.2, 0) is 20.9 Å². The van der Waals surface area contributed by atoms with E-state index in [1.165, 1.54) is 20.3 Å². The van der Waals surface area contributed by atoms with Crippen LogP contribution in [0.1, 0.15) is 11.1 Å². The molecule has 11 heteroatoms. The van der Waals surface area contributed by atoms with Crippen molar-refractivity contribution in [2.75, 3.05) is 20.8 Å². The first-order valence-electron chi connectivity index (χ1n) is 9.00. The van der Waals surface area contributed by atoms with Crippen LogP contribution in [0.25, 0.3) is 6.08 Å². The number of carbonyl (C=O) groups is 3. The average Bonchev–Trinajstić information content (AvgIpc) is 3.00. The number of ether oxygens (including phenoxy) is 3. The van der Waals surface area contributed by atoms with Crippen molar-refractivity contribution in [2.24, 2.45) is 0 Å². The Bertz CT molecular complexity index is 1120. The minimum atomic E-state index is -0.680. The van der Waals surface area contributed by atoms with Crippen molar-refractivity contribution in [3.63, 3.8) is 0 Å². The van der Waals surface area contributed by atoms with Gasteiger partial charge in [-0.15, -0.1) is 0 Å². The van der Waals surface area contributed by atoms with Crippen molar-refractivity contribution in [3.05, 3.63) is 60.9 Å². The monoisotopic (exact) mass is 559 g/mol. The summed E-state index contributed by atoms with van der Waals surface area (Å²) in [4.78, 5) is 37.1. The van der Waals surface area contributed by atoms with E-state index in [9.17, 15) is 14.4 Å². The maximum atomic E-state index is 12.5. The minimum Gasteiger partial charge on any atom is -0.493 e. The number of halogens is 3. The number of imide groups is 1. The van der Waals surface area contributed by atoms with Gasteiger partial charge in [-0.3, -0.25) is 19.3 Å². The number of esters is 1. The van der Waals surface area contributed by atoms with Crippen LogP contribution in [0.5, 0.6) is 11.5 Å². The van der Waals surface area contributed by atoms with Crippen molar-refractivity contribution in [2.45, 2.75) is 6.61 Å². The topological polar surface area (TPSA) is 82.1 Å². The van der Waals surface area contributed by atoms with Gasteiger partial charge in [-0.05, 0) is 63.6 Å². The first-order valence-corrected chi connectivity index (χ1v) is 11.4. The number of hydrogen-bond donors (Lipinski definition) is 0. The molecule has 0 N–H and O–H groups in total. The van der Waals surface area contributed by atoms with E-state index in [0.717, 1.165) is 22.2 Å². The first kappa shape index (κ1) is 24.4. The highest BCUT2D eigenvalue weighted by Gasteiger charge is 2.36. The van der Waals surface area contributed by atoms with Gasteiger partial charge in [0.2, 0.25) is 0 Å². The molecule has 1 heterocycles. The van der Waals surface area contributed by atoms with Crippen LogP contribution in [-0.4, -0.2) is 42.8 Å². The number of nitrogens with zero attached hydrogens (tertiary/aromatic N) is 1. The van der Waals surface area contributed by atoms with Gasteiger partial charge >= 0.3 is 5.97 Å². The molecule has 2 aromatic rings. The summed E-state index contributed by atoms with van der Waals surface area (Å²) in [5.74, 6) is -0.405. The molecular formula is C21H16BrCl2NO6S. The van der Waals surface area contributed by atoms with Crippen LogP contribution >= 0.6 is 50.9 Å². The third-order valence-electron chi connectivity index (χ3n) is 4.33. The quantitative estimate of drug-likeness (QED) is 0.324. The van der Waals surface area contributed by atoms with Gasteiger partial charge < -0.3 is 14.2 Å². The van der Waals surface area contributed by atoms with Crippen molar-refractivity contribution >= 4 is 74.1 Å². The molecule has 1 aliphatic heterocycles. The summed E-state index contributed by atoms with van der Waals surface area (Å²) >= 11 is 16.3. The Hall–Kier alpha value is -2.20. The SMILES string of the molecule is COC(=O)CN1C(=O)S/C(=C\c2cc(Br)c(OCc3ccc(Cl)cc3Cl)c(OC)c2)C1=O. The largest absolute Gasteiger partial charge is 0.493 e. The van der Waals surface area contributed by atoms with E-state index < -0.39 is 23.7 Å². The highest BCUT2D eigenvalue weighted by Crippen LogP contribution is 2.39. The molecule has 0 radical (unpaired) electrons. The van der Waals surface area contributed by atoms with Crippen molar-refractivity contribution in [1.82, 2.24) is 4.90 Å².